The van der Waals surface area contributed by atoms with E-state index in [9.17, 15) is 0 Å². The van der Waals surface area contributed by atoms with Crippen molar-refractivity contribution >= 4 is 0 Å². The van der Waals surface area contributed by atoms with E-state index >= 15 is 0 Å². The second-order valence-electron chi connectivity index (χ2n) is 3.23. The molecular weight excluding hydrogens is 126 g/mol. The number of rotatable bonds is 2. The van der Waals surface area contributed by atoms with Gasteiger partial charge in [0.15, 0.2) is 0 Å². The molecule has 2 heteroatoms. The smallest absolute Gasteiger partial charge is 0.0755 e. The van der Waals surface area contributed by atoms with Crippen LogP contribution in [0.4, 0.5) is 0 Å². The normalized spacial score (nSPS) is 46.8. The van der Waals surface area contributed by atoms with Crippen molar-refractivity contribution in [3.8, 4) is 0 Å². The number of nitrogens with one attached hydrogen (secondary N) is 1. The maximum atomic E-state index is 5.31. The van der Waals surface area contributed by atoms with E-state index in [-0.39, 0.29) is 0 Å². The number of likely N-dealkylation sites (N-methyl/N-ethyl adjacent to an activating group) is 1. The Hall–Kier alpha value is -0.0800. The van der Waals surface area contributed by atoms with Crippen LogP contribution in [0.25, 0.3) is 0 Å². The molecule has 1 aliphatic carbocycles. The molecule has 2 nitrogen and oxygen atoms in total. The van der Waals surface area contributed by atoms with E-state index in [0.717, 1.165) is 5.92 Å². The van der Waals surface area contributed by atoms with Gasteiger partial charge in [-0.1, -0.05) is 13.8 Å². The first-order chi connectivity index (χ1) is 4.72. The summed E-state index contributed by atoms with van der Waals surface area (Å²) in [6.45, 7) is 4.51. The van der Waals surface area contributed by atoms with E-state index in [1.165, 1.54) is 0 Å². The van der Waals surface area contributed by atoms with E-state index in [1.54, 1.807) is 7.11 Å². The van der Waals surface area contributed by atoms with Gasteiger partial charge in [0, 0.05) is 13.2 Å². The number of methoxy groups -OCH3 is 1. The molecule has 0 radical (unpaired) electrons. The summed E-state index contributed by atoms with van der Waals surface area (Å²) in [5, 5.41) is 3.26. The molecule has 10 heavy (non-hydrogen) atoms. The molecule has 1 rings (SSSR count). The predicted molar refractivity (Wildman–Crippen MR) is 42.0 cm³/mol. The molecule has 0 aromatic rings. The van der Waals surface area contributed by atoms with Gasteiger partial charge in [-0.2, -0.15) is 0 Å². The van der Waals surface area contributed by atoms with E-state index in [1.807, 2.05) is 7.05 Å². The molecule has 0 aliphatic heterocycles. The molecule has 0 bridgehead atoms. The van der Waals surface area contributed by atoms with Crippen molar-refractivity contribution in [2.45, 2.75) is 26.0 Å². The average molecular weight is 143 g/mol. The third kappa shape index (κ3) is 0.956. The fourth-order valence-corrected chi connectivity index (χ4v) is 1.90. The lowest BCUT2D eigenvalue weighted by atomic mass is 9.68. The van der Waals surface area contributed by atoms with Crippen LogP contribution in [0.5, 0.6) is 0 Å². The Morgan fingerprint density at radius 2 is 1.80 bits per heavy atom. The van der Waals surface area contributed by atoms with E-state index < -0.39 is 0 Å². The van der Waals surface area contributed by atoms with Crippen LogP contribution in [0.15, 0.2) is 0 Å². The maximum absolute atomic E-state index is 5.31. The van der Waals surface area contributed by atoms with Crippen LogP contribution in [-0.4, -0.2) is 26.3 Å². The molecule has 0 aromatic carbocycles. The van der Waals surface area contributed by atoms with Crippen molar-refractivity contribution in [3.05, 3.63) is 0 Å². The highest BCUT2D eigenvalue weighted by molar-refractivity contribution is 4.98. The minimum Gasteiger partial charge on any atom is -0.380 e. The third-order valence-corrected chi connectivity index (χ3v) is 2.87. The highest BCUT2D eigenvalue weighted by Gasteiger charge is 2.44. The van der Waals surface area contributed by atoms with Crippen LogP contribution < -0.4 is 5.32 Å². The lowest BCUT2D eigenvalue weighted by molar-refractivity contribution is -0.0800. The average Bonchev–Trinajstić information content (AvgIpc) is 1.97. The quantitative estimate of drug-likeness (QED) is 0.619. The Morgan fingerprint density at radius 1 is 1.20 bits per heavy atom. The zero-order valence-electron chi connectivity index (χ0n) is 7.22. The summed E-state index contributed by atoms with van der Waals surface area (Å²) < 4.78 is 5.31. The van der Waals surface area contributed by atoms with Crippen molar-refractivity contribution in [2.24, 2.45) is 11.8 Å². The highest BCUT2D eigenvalue weighted by atomic mass is 16.5. The van der Waals surface area contributed by atoms with Crippen LogP contribution in [0.1, 0.15) is 13.8 Å². The highest BCUT2D eigenvalue weighted by Crippen LogP contribution is 2.35. The summed E-state index contributed by atoms with van der Waals surface area (Å²) in [6.07, 6.45) is 0.431. The van der Waals surface area contributed by atoms with Crippen molar-refractivity contribution in [2.75, 3.05) is 14.2 Å². The van der Waals surface area contributed by atoms with Crippen LogP contribution in [0.3, 0.4) is 0 Å². The minimum atomic E-state index is 0.431. The topological polar surface area (TPSA) is 21.3 Å². The molecule has 0 amide bonds. The van der Waals surface area contributed by atoms with Gasteiger partial charge in [0.2, 0.25) is 0 Å². The van der Waals surface area contributed by atoms with Crippen LogP contribution >= 0.6 is 0 Å². The second kappa shape index (κ2) is 2.89. The van der Waals surface area contributed by atoms with Gasteiger partial charge in [-0.3, -0.25) is 0 Å². The summed E-state index contributed by atoms with van der Waals surface area (Å²) >= 11 is 0. The lowest BCUT2D eigenvalue weighted by Crippen LogP contribution is -2.60. The molecule has 4 atom stereocenters. The Balaban J connectivity index is 2.44. The molecule has 1 saturated carbocycles. The van der Waals surface area contributed by atoms with Gasteiger partial charge < -0.3 is 10.1 Å². The zero-order valence-corrected chi connectivity index (χ0v) is 7.22. The van der Waals surface area contributed by atoms with Gasteiger partial charge in [0.25, 0.3) is 0 Å². The molecule has 4 unspecified atom stereocenters. The van der Waals surface area contributed by atoms with Crippen LogP contribution in [0, 0.1) is 11.8 Å². The Labute approximate surface area is 63.0 Å². The fourth-order valence-electron chi connectivity index (χ4n) is 1.90. The zero-order chi connectivity index (χ0) is 7.72. The molecule has 0 aromatic heterocycles. The maximum Gasteiger partial charge on any atom is 0.0755 e. The Bertz CT molecular complexity index is 102. The minimum absolute atomic E-state index is 0.431. The van der Waals surface area contributed by atoms with Gasteiger partial charge >= 0.3 is 0 Å². The number of ether oxygens (including phenoxy) is 1. The van der Waals surface area contributed by atoms with Gasteiger partial charge in [-0.05, 0) is 18.9 Å². The molecule has 1 N–H and O–H groups in total. The van der Waals surface area contributed by atoms with Crippen molar-refractivity contribution < 1.29 is 4.74 Å². The fraction of sp³-hybridized carbons (Fsp3) is 1.00. The SMILES string of the molecule is CNC1C(C)C(C)C1OC. The van der Waals surface area contributed by atoms with Crippen LogP contribution in [-0.2, 0) is 4.74 Å². The third-order valence-electron chi connectivity index (χ3n) is 2.87. The first-order valence-electron chi connectivity index (χ1n) is 3.92. The molecule has 1 fully saturated rings. The van der Waals surface area contributed by atoms with Gasteiger partial charge in [-0.15, -0.1) is 0 Å². The van der Waals surface area contributed by atoms with Crippen LogP contribution in [0.2, 0.25) is 0 Å². The van der Waals surface area contributed by atoms with Gasteiger partial charge in [0.05, 0.1) is 6.10 Å². The van der Waals surface area contributed by atoms with E-state index in [2.05, 4.69) is 19.2 Å². The number of hydrogen-bond donors (Lipinski definition) is 1. The standard InChI is InChI=1S/C8H17NO/c1-5-6(2)8(10-4)7(5)9-3/h5-9H,1-4H3. The molecule has 60 valence electrons. The Morgan fingerprint density at radius 3 is 2.10 bits per heavy atom. The lowest BCUT2D eigenvalue weighted by Gasteiger charge is -2.48. The molecule has 0 spiro atoms. The van der Waals surface area contributed by atoms with E-state index in [4.69, 9.17) is 4.74 Å². The second-order valence-corrected chi connectivity index (χ2v) is 3.23. The van der Waals surface area contributed by atoms with E-state index in [0.29, 0.717) is 18.1 Å². The summed E-state index contributed by atoms with van der Waals surface area (Å²) in [4.78, 5) is 0. The summed E-state index contributed by atoms with van der Waals surface area (Å²) in [5.41, 5.74) is 0. The Kier molecular flexibility index (Phi) is 2.32. The summed E-state index contributed by atoms with van der Waals surface area (Å²) in [6, 6.07) is 0.569. The summed E-state index contributed by atoms with van der Waals surface area (Å²) in [7, 11) is 3.79. The summed E-state index contributed by atoms with van der Waals surface area (Å²) in [5.74, 6) is 1.47. The van der Waals surface area contributed by atoms with Crippen molar-refractivity contribution in [1.82, 2.24) is 5.32 Å². The first kappa shape index (κ1) is 8.02. The first-order valence-corrected chi connectivity index (χ1v) is 3.92. The molecule has 0 heterocycles. The largest absolute Gasteiger partial charge is 0.380 e. The number of hydrogen-bond acceptors (Lipinski definition) is 2. The van der Waals surface area contributed by atoms with Gasteiger partial charge in [-0.25, -0.2) is 0 Å². The van der Waals surface area contributed by atoms with Crippen molar-refractivity contribution in [1.29, 1.82) is 0 Å². The molecule has 0 saturated heterocycles. The predicted octanol–water partition coefficient (Wildman–Crippen LogP) is 0.875. The monoisotopic (exact) mass is 143 g/mol. The van der Waals surface area contributed by atoms with Gasteiger partial charge in [0.1, 0.15) is 0 Å². The molecule has 1 aliphatic rings. The molecular formula is C8H17NO. The van der Waals surface area contributed by atoms with Crippen molar-refractivity contribution in [3.63, 3.8) is 0 Å².